The normalized spacial score (nSPS) is 11.6. The van der Waals surface area contributed by atoms with Gasteiger partial charge in [-0.25, -0.2) is 0 Å². The molecule has 0 heterocycles. The van der Waals surface area contributed by atoms with Crippen LogP contribution in [0.15, 0.2) is 0 Å². The Bertz CT molecular complexity index is 346. The van der Waals surface area contributed by atoms with Gasteiger partial charge in [-0.05, 0) is 32.1 Å². The van der Waals surface area contributed by atoms with Crippen LogP contribution < -0.4 is 17.0 Å². The van der Waals surface area contributed by atoms with E-state index < -0.39 is 0 Å². The molecular formula is C30H63Br2N. The van der Waals surface area contributed by atoms with E-state index in [0.29, 0.717) is 0 Å². The third-order valence-corrected chi connectivity index (χ3v) is 7.82. The Morgan fingerprint density at radius 3 is 0.909 bits per heavy atom. The fourth-order valence-corrected chi connectivity index (χ4v) is 5.29. The monoisotopic (exact) mass is 595 g/mol. The van der Waals surface area contributed by atoms with E-state index in [1.807, 2.05) is 0 Å². The Hall–Kier alpha value is 0.920. The molecule has 0 saturated heterocycles. The highest BCUT2D eigenvalue weighted by molar-refractivity contribution is 9.09. The lowest BCUT2D eigenvalue weighted by molar-refractivity contribution is -0.890. The van der Waals surface area contributed by atoms with Gasteiger partial charge in [-0.1, -0.05) is 145 Å². The largest absolute Gasteiger partial charge is 1.00 e. The van der Waals surface area contributed by atoms with Gasteiger partial charge in [-0.3, -0.25) is 0 Å². The first kappa shape index (κ1) is 36.1. The average Bonchev–Trinajstić information content (AvgIpc) is 2.77. The summed E-state index contributed by atoms with van der Waals surface area (Å²) in [6.45, 7) is 5.04. The molecule has 0 aliphatic rings. The van der Waals surface area contributed by atoms with E-state index in [1.54, 1.807) is 0 Å². The van der Waals surface area contributed by atoms with Gasteiger partial charge in [0.15, 0.2) is 0 Å². The lowest BCUT2D eigenvalue weighted by Crippen LogP contribution is -3.00. The molecule has 0 aromatic rings. The highest BCUT2D eigenvalue weighted by Crippen LogP contribution is 2.15. The van der Waals surface area contributed by atoms with Gasteiger partial charge >= 0.3 is 0 Å². The fourth-order valence-electron chi connectivity index (χ4n) is 4.89. The summed E-state index contributed by atoms with van der Waals surface area (Å²) in [6, 6.07) is 0. The van der Waals surface area contributed by atoms with E-state index in [-0.39, 0.29) is 17.0 Å². The zero-order chi connectivity index (χ0) is 23.6. The third-order valence-electron chi connectivity index (χ3n) is 7.26. The summed E-state index contributed by atoms with van der Waals surface area (Å²) in [4.78, 5) is 0. The van der Waals surface area contributed by atoms with Gasteiger partial charge < -0.3 is 21.5 Å². The minimum atomic E-state index is 0. The molecule has 0 aromatic heterocycles. The van der Waals surface area contributed by atoms with Crippen molar-refractivity contribution in [3.8, 4) is 0 Å². The topological polar surface area (TPSA) is 0 Å². The van der Waals surface area contributed by atoms with Crippen LogP contribution in [0.2, 0.25) is 0 Å². The Kier molecular flexibility index (Phi) is 31.9. The summed E-state index contributed by atoms with van der Waals surface area (Å²) in [5.41, 5.74) is 0. The van der Waals surface area contributed by atoms with Gasteiger partial charge in [0.1, 0.15) is 0 Å². The molecule has 0 rings (SSSR count). The van der Waals surface area contributed by atoms with Gasteiger partial charge in [0, 0.05) is 5.33 Å². The van der Waals surface area contributed by atoms with Crippen LogP contribution in [-0.2, 0) is 0 Å². The van der Waals surface area contributed by atoms with Crippen LogP contribution in [0.3, 0.4) is 0 Å². The SMILES string of the molecule is CCCCCCCCCCCCCCCCCCCCCC[N+](C)(C)CCCCCCBr.[Br-]. The van der Waals surface area contributed by atoms with E-state index in [2.05, 4.69) is 36.9 Å². The van der Waals surface area contributed by atoms with E-state index in [1.165, 1.54) is 177 Å². The molecule has 0 amide bonds. The highest BCUT2D eigenvalue weighted by Gasteiger charge is 2.13. The van der Waals surface area contributed by atoms with Gasteiger partial charge in [0.05, 0.1) is 27.2 Å². The molecule has 0 saturated carbocycles. The van der Waals surface area contributed by atoms with Crippen molar-refractivity contribution >= 4 is 15.9 Å². The van der Waals surface area contributed by atoms with Crippen LogP contribution in [0.25, 0.3) is 0 Å². The molecule has 33 heavy (non-hydrogen) atoms. The van der Waals surface area contributed by atoms with E-state index in [0.717, 1.165) is 0 Å². The molecule has 0 aliphatic heterocycles. The molecule has 202 valence electrons. The number of hydrogen-bond donors (Lipinski definition) is 0. The highest BCUT2D eigenvalue weighted by atomic mass is 79.9. The van der Waals surface area contributed by atoms with Crippen molar-refractivity contribution in [3.05, 3.63) is 0 Å². The van der Waals surface area contributed by atoms with Crippen molar-refractivity contribution in [2.45, 2.75) is 161 Å². The Morgan fingerprint density at radius 2 is 0.636 bits per heavy atom. The molecule has 1 nitrogen and oxygen atoms in total. The number of unbranched alkanes of at least 4 members (excludes halogenated alkanes) is 22. The minimum absolute atomic E-state index is 0. The second kappa shape index (κ2) is 29.2. The molecular weight excluding hydrogens is 534 g/mol. The molecule has 0 unspecified atom stereocenters. The maximum Gasteiger partial charge on any atom is 0.0782 e. The summed E-state index contributed by atoms with van der Waals surface area (Å²) in [5.74, 6) is 0. The predicted octanol–water partition coefficient (Wildman–Crippen LogP) is 7.84. The Morgan fingerprint density at radius 1 is 0.394 bits per heavy atom. The molecule has 0 N–H and O–H groups in total. The smallest absolute Gasteiger partial charge is 0.0782 e. The first-order valence-electron chi connectivity index (χ1n) is 15.0. The van der Waals surface area contributed by atoms with E-state index >= 15 is 0 Å². The van der Waals surface area contributed by atoms with Crippen molar-refractivity contribution in [1.29, 1.82) is 0 Å². The first-order chi connectivity index (χ1) is 15.6. The minimum Gasteiger partial charge on any atom is -1.00 e. The standard InChI is InChI=1S/C30H63BrN.BrH/c1-4-5-6-7-8-9-10-11-12-13-14-15-16-17-18-19-20-21-23-26-29-32(2,3)30-27-24-22-25-28-31;/h4-30H2,1-3H3;1H/q+1;/p-1. The summed E-state index contributed by atoms with van der Waals surface area (Å²) < 4.78 is 1.23. The predicted molar refractivity (Wildman–Crippen MR) is 152 cm³/mol. The zero-order valence-corrected chi connectivity index (χ0v) is 26.5. The molecule has 0 fully saturated rings. The quantitative estimate of drug-likeness (QED) is 0.0514. The maximum atomic E-state index is 3.53. The van der Waals surface area contributed by atoms with Crippen molar-refractivity contribution in [2.75, 3.05) is 32.5 Å². The summed E-state index contributed by atoms with van der Waals surface area (Å²) in [7, 11) is 4.86. The van der Waals surface area contributed by atoms with Crippen LogP contribution in [0.4, 0.5) is 0 Å². The number of halogens is 2. The molecule has 0 aliphatic carbocycles. The Balaban J connectivity index is 0. The number of hydrogen-bond acceptors (Lipinski definition) is 0. The van der Waals surface area contributed by atoms with Gasteiger partial charge in [-0.2, -0.15) is 0 Å². The first-order valence-corrected chi connectivity index (χ1v) is 16.1. The average molecular weight is 598 g/mol. The van der Waals surface area contributed by atoms with Crippen LogP contribution >= 0.6 is 15.9 Å². The van der Waals surface area contributed by atoms with Gasteiger partial charge in [0.2, 0.25) is 0 Å². The van der Waals surface area contributed by atoms with E-state index in [9.17, 15) is 0 Å². The fraction of sp³-hybridized carbons (Fsp3) is 1.00. The second-order valence-electron chi connectivity index (χ2n) is 11.2. The van der Waals surface area contributed by atoms with Crippen molar-refractivity contribution < 1.29 is 21.5 Å². The summed E-state index contributed by atoms with van der Waals surface area (Å²) in [5, 5.41) is 1.17. The molecule has 0 bridgehead atoms. The molecule has 0 aromatic carbocycles. The van der Waals surface area contributed by atoms with Crippen molar-refractivity contribution in [3.63, 3.8) is 0 Å². The number of rotatable bonds is 27. The number of nitrogens with zero attached hydrogens (tertiary/aromatic N) is 1. The molecule has 0 spiro atoms. The molecule has 3 heteroatoms. The maximum absolute atomic E-state index is 3.53. The van der Waals surface area contributed by atoms with Crippen LogP contribution in [0, 0.1) is 0 Å². The van der Waals surface area contributed by atoms with Gasteiger partial charge in [0.25, 0.3) is 0 Å². The zero-order valence-electron chi connectivity index (χ0n) is 23.3. The molecule has 0 radical (unpaired) electrons. The third kappa shape index (κ3) is 30.9. The number of quaternary nitrogens is 1. The summed E-state index contributed by atoms with van der Waals surface area (Å²) >= 11 is 3.53. The molecule has 0 atom stereocenters. The second-order valence-corrected chi connectivity index (χ2v) is 12.0. The van der Waals surface area contributed by atoms with Crippen LogP contribution in [0.5, 0.6) is 0 Å². The van der Waals surface area contributed by atoms with E-state index in [4.69, 9.17) is 0 Å². The van der Waals surface area contributed by atoms with Crippen LogP contribution in [0.1, 0.15) is 161 Å². The number of alkyl halides is 1. The lowest BCUT2D eigenvalue weighted by atomic mass is 10.0. The van der Waals surface area contributed by atoms with Crippen molar-refractivity contribution in [2.24, 2.45) is 0 Å². The summed E-state index contributed by atoms with van der Waals surface area (Å²) in [6.07, 6.45) is 34.9. The van der Waals surface area contributed by atoms with Crippen LogP contribution in [-0.4, -0.2) is 37.0 Å². The lowest BCUT2D eigenvalue weighted by Gasteiger charge is -2.30. The Labute approximate surface area is 230 Å². The van der Waals surface area contributed by atoms with Crippen molar-refractivity contribution in [1.82, 2.24) is 0 Å². The van der Waals surface area contributed by atoms with Gasteiger partial charge in [-0.15, -0.1) is 0 Å².